The zero-order chi connectivity index (χ0) is 13.7. The van der Waals surface area contributed by atoms with Gasteiger partial charge < -0.3 is 5.32 Å². The lowest BCUT2D eigenvalue weighted by atomic mass is 10.0. The van der Waals surface area contributed by atoms with E-state index in [1.54, 1.807) is 12.3 Å². The molecule has 5 heteroatoms. The highest BCUT2D eigenvalue weighted by atomic mass is 19.1. The molecule has 0 saturated heterocycles. The molecule has 2 rings (SSSR count). The molecule has 0 amide bonds. The Morgan fingerprint density at radius 3 is 2.74 bits per heavy atom. The van der Waals surface area contributed by atoms with Crippen LogP contribution in [0.25, 0.3) is 0 Å². The SMILES string of the molecule is CCCNC(c1ccncn1)c1ccc(F)cc1F. The van der Waals surface area contributed by atoms with E-state index in [-0.39, 0.29) is 0 Å². The third kappa shape index (κ3) is 3.32. The lowest BCUT2D eigenvalue weighted by molar-refractivity contribution is 0.526. The highest BCUT2D eigenvalue weighted by Crippen LogP contribution is 2.23. The quantitative estimate of drug-likeness (QED) is 0.901. The van der Waals surface area contributed by atoms with Crippen molar-refractivity contribution in [2.24, 2.45) is 0 Å². The first-order valence-corrected chi connectivity index (χ1v) is 6.16. The Kier molecular flexibility index (Phi) is 4.52. The van der Waals surface area contributed by atoms with Gasteiger partial charge in [0.05, 0.1) is 11.7 Å². The number of aromatic nitrogens is 2. The summed E-state index contributed by atoms with van der Waals surface area (Å²) >= 11 is 0. The summed E-state index contributed by atoms with van der Waals surface area (Å²) in [4.78, 5) is 7.98. The molecule has 0 spiro atoms. The van der Waals surface area contributed by atoms with Crippen molar-refractivity contribution in [2.45, 2.75) is 19.4 Å². The number of benzene rings is 1. The topological polar surface area (TPSA) is 37.8 Å². The second-order valence-electron chi connectivity index (χ2n) is 4.19. The molecule has 1 N–H and O–H groups in total. The minimum Gasteiger partial charge on any atom is -0.305 e. The summed E-state index contributed by atoms with van der Waals surface area (Å²) in [5.41, 5.74) is 1.04. The molecule has 0 bridgehead atoms. The molecule has 1 aromatic heterocycles. The third-order valence-corrected chi connectivity index (χ3v) is 2.77. The number of hydrogen-bond donors (Lipinski definition) is 1. The van der Waals surface area contributed by atoms with Crippen LogP contribution in [-0.4, -0.2) is 16.5 Å². The van der Waals surface area contributed by atoms with E-state index in [4.69, 9.17) is 0 Å². The minimum absolute atomic E-state index is 0.383. The fourth-order valence-corrected chi connectivity index (χ4v) is 1.87. The predicted octanol–water partition coefficient (Wildman–Crippen LogP) is 2.84. The van der Waals surface area contributed by atoms with Crippen molar-refractivity contribution < 1.29 is 8.78 Å². The van der Waals surface area contributed by atoms with E-state index in [0.717, 1.165) is 12.5 Å². The Balaban J connectivity index is 2.37. The summed E-state index contributed by atoms with van der Waals surface area (Å²) in [6.45, 7) is 2.73. The Hall–Kier alpha value is -1.88. The van der Waals surface area contributed by atoms with Crippen LogP contribution in [-0.2, 0) is 0 Å². The van der Waals surface area contributed by atoms with Crippen LogP contribution < -0.4 is 5.32 Å². The van der Waals surface area contributed by atoms with Crippen molar-refractivity contribution in [2.75, 3.05) is 6.54 Å². The molecule has 1 atom stereocenters. The van der Waals surface area contributed by atoms with Crippen LogP contribution in [0, 0.1) is 11.6 Å². The van der Waals surface area contributed by atoms with E-state index in [9.17, 15) is 8.78 Å². The summed E-state index contributed by atoms with van der Waals surface area (Å²) in [6, 6.07) is 4.90. The number of nitrogens with one attached hydrogen (secondary N) is 1. The van der Waals surface area contributed by atoms with Gasteiger partial charge in [-0.05, 0) is 25.1 Å². The van der Waals surface area contributed by atoms with Crippen LogP contribution in [0.3, 0.4) is 0 Å². The molecule has 0 aliphatic heterocycles. The largest absolute Gasteiger partial charge is 0.305 e. The Bertz CT molecular complexity index is 531. The van der Waals surface area contributed by atoms with Crippen LogP contribution in [0.4, 0.5) is 8.78 Å². The van der Waals surface area contributed by atoms with E-state index >= 15 is 0 Å². The molecular weight excluding hydrogens is 248 g/mol. The van der Waals surface area contributed by atoms with Gasteiger partial charge in [0.15, 0.2) is 0 Å². The maximum Gasteiger partial charge on any atom is 0.131 e. The molecule has 0 saturated carbocycles. The van der Waals surface area contributed by atoms with Crippen molar-refractivity contribution >= 4 is 0 Å². The van der Waals surface area contributed by atoms with Gasteiger partial charge in [-0.1, -0.05) is 13.0 Å². The average Bonchev–Trinajstić information content (AvgIpc) is 2.42. The van der Waals surface area contributed by atoms with E-state index in [0.29, 0.717) is 17.8 Å². The highest BCUT2D eigenvalue weighted by Gasteiger charge is 2.18. The van der Waals surface area contributed by atoms with E-state index in [1.165, 1.54) is 18.5 Å². The van der Waals surface area contributed by atoms with Gasteiger partial charge >= 0.3 is 0 Å². The second-order valence-corrected chi connectivity index (χ2v) is 4.19. The van der Waals surface area contributed by atoms with Gasteiger partial charge in [-0.15, -0.1) is 0 Å². The van der Waals surface area contributed by atoms with E-state index in [2.05, 4.69) is 15.3 Å². The van der Waals surface area contributed by atoms with Gasteiger partial charge in [-0.25, -0.2) is 18.7 Å². The molecular formula is C14H15F2N3. The molecule has 0 aliphatic carbocycles. The number of hydrogen-bond acceptors (Lipinski definition) is 3. The molecule has 1 heterocycles. The fourth-order valence-electron chi connectivity index (χ4n) is 1.87. The molecule has 3 nitrogen and oxygen atoms in total. The summed E-state index contributed by atoms with van der Waals surface area (Å²) in [7, 11) is 0. The van der Waals surface area contributed by atoms with Gasteiger partial charge in [0.25, 0.3) is 0 Å². The molecule has 1 aromatic carbocycles. The van der Waals surface area contributed by atoms with Crippen molar-refractivity contribution in [3.63, 3.8) is 0 Å². The fraction of sp³-hybridized carbons (Fsp3) is 0.286. The van der Waals surface area contributed by atoms with Crippen molar-refractivity contribution in [1.29, 1.82) is 0 Å². The zero-order valence-electron chi connectivity index (χ0n) is 10.6. The van der Waals surface area contributed by atoms with Crippen LogP contribution >= 0.6 is 0 Å². The van der Waals surface area contributed by atoms with Gasteiger partial charge in [-0.2, -0.15) is 0 Å². The molecule has 0 aliphatic rings. The predicted molar refractivity (Wildman–Crippen MR) is 68.5 cm³/mol. The molecule has 100 valence electrons. The minimum atomic E-state index is -0.585. The first-order chi connectivity index (χ1) is 9.22. The van der Waals surface area contributed by atoms with Crippen LogP contribution in [0.1, 0.15) is 30.6 Å². The molecule has 19 heavy (non-hydrogen) atoms. The van der Waals surface area contributed by atoms with Crippen molar-refractivity contribution in [3.8, 4) is 0 Å². The smallest absolute Gasteiger partial charge is 0.131 e. The lowest BCUT2D eigenvalue weighted by Gasteiger charge is -2.18. The average molecular weight is 263 g/mol. The summed E-state index contributed by atoms with van der Waals surface area (Å²) in [6.07, 6.45) is 3.92. The number of nitrogens with zero attached hydrogens (tertiary/aromatic N) is 2. The highest BCUT2D eigenvalue weighted by molar-refractivity contribution is 5.28. The number of rotatable bonds is 5. The van der Waals surface area contributed by atoms with Crippen LogP contribution in [0.15, 0.2) is 36.8 Å². The maximum absolute atomic E-state index is 13.9. The Labute approximate surface area is 110 Å². The zero-order valence-corrected chi connectivity index (χ0v) is 10.6. The molecule has 0 radical (unpaired) electrons. The lowest BCUT2D eigenvalue weighted by Crippen LogP contribution is -2.25. The first-order valence-electron chi connectivity index (χ1n) is 6.16. The van der Waals surface area contributed by atoms with Crippen molar-refractivity contribution in [3.05, 3.63) is 59.7 Å². The van der Waals surface area contributed by atoms with Gasteiger partial charge in [0, 0.05) is 17.8 Å². The first kappa shape index (κ1) is 13.5. The normalized spacial score (nSPS) is 12.4. The van der Waals surface area contributed by atoms with Gasteiger partial charge in [-0.3, -0.25) is 0 Å². The van der Waals surface area contributed by atoms with Gasteiger partial charge in [0.2, 0.25) is 0 Å². The van der Waals surface area contributed by atoms with Gasteiger partial charge in [0.1, 0.15) is 18.0 Å². The standard InChI is InChI=1S/C14H15F2N3/c1-2-6-18-14(13-5-7-17-9-19-13)11-4-3-10(15)8-12(11)16/h3-5,7-9,14,18H,2,6H2,1H3. The van der Waals surface area contributed by atoms with E-state index in [1.807, 2.05) is 6.92 Å². The Morgan fingerprint density at radius 1 is 1.26 bits per heavy atom. The third-order valence-electron chi connectivity index (χ3n) is 2.77. The summed E-state index contributed by atoms with van der Waals surface area (Å²) < 4.78 is 26.9. The molecule has 1 unspecified atom stereocenters. The summed E-state index contributed by atoms with van der Waals surface area (Å²) in [5.74, 6) is -1.16. The molecule has 2 aromatic rings. The Morgan fingerprint density at radius 2 is 2.11 bits per heavy atom. The number of halogens is 2. The van der Waals surface area contributed by atoms with Crippen molar-refractivity contribution in [1.82, 2.24) is 15.3 Å². The van der Waals surface area contributed by atoms with E-state index < -0.39 is 17.7 Å². The van der Waals surface area contributed by atoms with Crippen LogP contribution in [0.5, 0.6) is 0 Å². The second kappa shape index (κ2) is 6.33. The maximum atomic E-state index is 13.9. The van der Waals surface area contributed by atoms with Crippen LogP contribution in [0.2, 0.25) is 0 Å². The monoisotopic (exact) mass is 263 g/mol. The summed E-state index contributed by atoms with van der Waals surface area (Å²) in [5, 5.41) is 3.21. The molecule has 0 fully saturated rings.